The van der Waals surface area contributed by atoms with Crippen molar-refractivity contribution in [3.05, 3.63) is 23.3 Å². The number of aliphatic hydroxyl groups is 1. The Bertz CT molecular complexity index is 858. The van der Waals surface area contributed by atoms with Gasteiger partial charge in [0.05, 0.1) is 6.10 Å². The molecule has 7 atom stereocenters. The van der Waals surface area contributed by atoms with Crippen LogP contribution in [-0.4, -0.2) is 11.2 Å². The Balaban J connectivity index is 1.46. The van der Waals surface area contributed by atoms with Gasteiger partial charge >= 0.3 is 0 Å². The van der Waals surface area contributed by atoms with Gasteiger partial charge < -0.3 is 5.11 Å². The SMILES string of the molecule is [2H]C([2H])([2H])C([2H])(CCC[C@@H](C)[C@H]1CC[C@H]2C3=CC=C4C[C@@H](O)CC[C@]4(C)[C@H]3CC[C@]12C)C([2H])([2H])[2H]. The summed E-state index contributed by atoms with van der Waals surface area (Å²) in [5, 5.41) is 10.2. The van der Waals surface area contributed by atoms with E-state index in [9.17, 15) is 5.11 Å². The average Bonchev–Trinajstić information content (AvgIpc) is 3.09. The summed E-state index contributed by atoms with van der Waals surface area (Å²) in [6.07, 6.45) is 13.1. The summed E-state index contributed by atoms with van der Waals surface area (Å²) in [7, 11) is 0. The molecule has 158 valence electrons. The number of hydrogen-bond acceptors (Lipinski definition) is 1. The molecule has 0 aromatic rings. The van der Waals surface area contributed by atoms with Crippen molar-refractivity contribution in [1.29, 1.82) is 0 Å². The van der Waals surface area contributed by atoms with E-state index in [2.05, 4.69) is 32.9 Å². The Kier molecular flexibility index (Phi) is 3.72. The largest absolute Gasteiger partial charge is 0.393 e. The van der Waals surface area contributed by atoms with Gasteiger partial charge in [0.1, 0.15) is 0 Å². The van der Waals surface area contributed by atoms with Crippen LogP contribution in [0.1, 0.15) is 108 Å². The Morgan fingerprint density at radius 1 is 1.11 bits per heavy atom. The Morgan fingerprint density at radius 2 is 1.93 bits per heavy atom. The Morgan fingerprint density at radius 3 is 2.71 bits per heavy atom. The minimum absolute atomic E-state index is 0.123. The van der Waals surface area contributed by atoms with E-state index in [-0.39, 0.29) is 23.4 Å². The minimum atomic E-state index is -2.82. The molecule has 1 nitrogen and oxygen atoms in total. The molecule has 0 aromatic heterocycles. The van der Waals surface area contributed by atoms with Crippen LogP contribution in [0, 0.1) is 40.4 Å². The lowest BCUT2D eigenvalue weighted by Gasteiger charge is -2.55. The first-order valence-electron chi connectivity index (χ1n) is 15.1. The van der Waals surface area contributed by atoms with Crippen LogP contribution < -0.4 is 0 Å². The van der Waals surface area contributed by atoms with Crippen LogP contribution in [0.25, 0.3) is 0 Å². The van der Waals surface area contributed by atoms with E-state index < -0.39 is 19.6 Å². The molecule has 4 rings (SSSR count). The second-order valence-electron chi connectivity index (χ2n) is 10.9. The fraction of sp³-hybridized carbons (Fsp3) is 0.852. The number of rotatable bonds is 5. The molecule has 3 fully saturated rings. The highest BCUT2D eigenvalue weighted by Crippen LogP contribution is 2.66. The third-order valence-electron chi connectivity index (χ3n) is 9.39. The molecule has 0 aliphatic heterocycles. The molecule has 4 aliphatic carbocycles. The van der Waals surface area contributed by atoms with E-state index in [0.29, 0.717) is 30.1 Å². The molecule has 0 heterocycles. The number of aliphatic hydroxyl groups excluding tert-OH is 1. The summed E-state index contributed by atoms with van der Waals surface area (Å²) in [4.78, 5) is 0. The fourth-order valence-electron chi connectivity index (χ4n) is 7.76. The third-order valence-corrected chi connectivity index (χ3v) is 9.39. The van der Waals surface area contributed by atoms with Gasteiger partial charge in [0.2, 0.25) is 0 Å². The summed E-state index contributed by atoms with van der Waals surface area (Å²) < 4.78 is 54.4. The standard InChI is InChI=1S/C27H44O/c1-18(2)7-6-8-19(3)23-11-12-24-22-10-9-20-17-21(28)13-15-26(20,4)25(22)14-16-27(23,24)5/h9-10,18-19,21,23-25,28H,6-8,11-17H2,1-5H3/t19-,21+,23-,24+,25+,26+,27-/m1/s1/i1D3,2D3,18D. The van der Waals surface area contributed by atoms with Crippen LogP contribution in [-0.2, 0) is 0 Å². The molecule has 1 heteroatoms. The molecule has 0 unspecified atom stereocenters. The third kappa shape index (κ3) is 3.34. The zero-order valence-corrected chi connectivity index (χ0v) is 18.1. The molecule has 0 bridgehead atoms. The van der Waals surface area contributed by atoms with Crippen molar-refractivity contribution in [2.24, 2.45) is 40.4 Å². The summed E-state index contributed by atoms with van der Waals surface area (Å²) >= 11 is 0. The highest BCUT2D eigenvalue weighted by molar-refractivity contribution is 5.38. The molecule has 0 amide bonds. The lowest BCUT2D eigenvalue weighted by atomic mass is 9.50. The highest BCUT2D eigenvalue weighted by Gasteiger charge is 2.56. The predicted octanol–water partition coefficient (Wildman–Crippen LogP) is 7.31. The zero-order valence-electron chi connectivity index (χ0n) is 25.1. The van der Waals surface area contributed by atoms with E-state index in [1.807, 2.05) is 0 Å². The quantitative estimate of drug-likeness (QED) is 0.521. The van der Waals surface area contributed by atoms with Gasteiger partial charge in [-0.1, -0.05) is 77.0 Å². The van der Waals surface area contributed by atoms with Gasteiger partial charge in [0.25, 0.3) is 0 Å². The van der Waals surface area contributed by atoms with Crippen LogP contribution in [0.4, 0.5) is 0 Å². The predicted molar refractivity (Wildman–Crippen MR) is 119 cm³/mol. The van der Waals surface area contributed by atoms with Gasteiger partial charge in [-0.3, -0.25) is 0 Å². The molecule has 28 heavy (non-hydrogen) atoms. The molecule has 4 aliphatic rings. The van der Waals surface area contributed by atoms with Crippen molar-refractivity contribution >= 4 is 0 Å². The van der Waals surface area contributed by atoms with Gasteiger partial charge in [-0.25, -0.2) is 0 Å². The Hall–Kier alpha value is -0.560. The zero-order chi connectivity index (χ0) is 26.0. The first-order chi connectivity index (χ1) is 16.0. The monoisotopic (exact) mass is 391 g/mol. The van der Waals surface area contributed by atoms with Gasteiger partial charge in [0.15, 0.2) is 0 Å². The van der Waals surface area contributed by atoms with E-state index >= 15 is 0 Å². The number of fused-ring (bicyclic) bond motifs is 5. The molecule has 0 spiro atoms. The number of hydrogen-bond donors (Lipinski definition) is 1. The summed E-state index contributed by atoms with van der Waals surface area (Å²) in [5.41, 5.74) is 3.44. The van der Waals surface area contributed by atoms with Crippen molar-refractivity contribution < 1.29 is 14.7 Å². The van der Waals surface area contributed by atoms with Crippen molar-refractivity contribution in [3.63, 3.8) is 0 Å². The molecule has 0 radical (unpaired) electrons. The lowest BCUT2D eigenvalue weighted by Crippen LogP contribution is -2.46. The van der Waals surface area contributed by atoms with E-state index in [1.165, 1.54) is 24.8 Å². The lowest BCUT2D eigenvalue weighted by molar-refractivity contribution is 0.0323. The van der Waals surface area contributed by atoms with Gasteiger partial charge in [-0.15, -0.1) is 0 Å². The molecule has 3 saturated carbocycles. The second kappa shape index (κ2) is 7.60. The maximum absolute atomic E-state index is 10.2. The van der Waals surface area contributed by atoms with E-state index in [1.54, 1.807) is 5.57 Å². The normalized spacial score (nSPS) is 48.6. The summed E-state index contributed by atoms with van der Waals surface area (Å²) in [6.45, 7) is 1.47. The Labute approximate surface area is 183 Å². The number of allylic oxidation sites excluding steroid dienone is 3. The first-order valence-corrected chi connectivity index (χ1v) is 11.6. The minimum Gasteiger partial charge on any atom is -0.393 e. The molecule has 1 N–H and O–H groups in total. The smallest absolute Gasteiger partial charge is 0.0578 e. The molecule has 0 saturated heterocycles. The maximum atomic E-state index is 10.2. The van der Waals surface area contributed by atoms with Crippen LogP contribution >= 0.6 is 0 Å². The van der Waals surface area contributed by atoms with E-state index in [4.69, 9.17) is 9.60 Å². The average molecular weight is 392 g/mol. The van der Waals surface area contributed by atoms with E-state index in [0.717, 1.165) is 32.1 Å². The van der Waals surface area contributed by atoms with Crippen molar-refractivity contribution in [2.75, 3.05) is 0 Å². The molecular weight excluding hydrogens is 340 g/mol. The van der Waals surface area contributed by atoms with Gasteiger partial charge in [0, 0.05) is 9.60 Å². The van der Waals surface area contributed by atoms with Crippen LogP contribution in [0.3, 0.4) is 0 Å². The molecule has 0 aromatic carbocycles. The second-order valence-corrected chi connectivity index (χ2v) is 10.9. The first kappa shape index (κ1) is 13.7. The van der Waals surface area contributed by atoms with Crippen LogP contribution in [0.5, 0.6) is 0 Å². The maximum Gasteiger partial charge on any atom is 0.0578 e. The van der Waals surface area contributed by atoms with Crippen molar-refractivity contribution in [1.82, 2.24) is 0 Å². The molecular formula is C27H44O. The fourth-order valence-corrected chi connectivity index (χ4v) is 7.76. The highest BCUT2D eigenvalue weighted by atomic mass is 16.3. The van der Waals surface area contributed by atoms with Gasteiger partial charge in [-0.2, -0.15) is 0 Å². The summed E-state index contributed by atoms with van der Waals surface area (Å²) in [6, 6.07) is 0. The van der Waals surface area contributed by atoms with Crippen molar-refractivity contribution in [3.8, 4) is 0 Å². The van der Waals surface area contributed by atoms with Gasteiger partial charge in [-0.05, 0) is 85.3 Å². The van der Waals surface area contributed by atoms with Crippen LogP contribution in [0.15, 0.2) is 23.3 Å². The van der Waals surface area contributed by atoms with Crippen molar-refractivity contribution in [2.45, 2.75) is 105 Å². The summed E-state index contributed by atoms with van der Waals surface area (Å²) in [5.74, 6) is -0.365. The van der Waals surface area contributed by atoms with Crippen LogP contribution in [0.2, 0.25) is 0 Å². The topological polar surface area (TPSA) is 20.2 Å².